The lowest BCUT2D eigenvalue weighted by atomic mass is 10.00. The minimum absolute atomic E-state index is 0.0735. The zero-order chi connectivity index (χ0) is 15.0. The molecule has 0 fully saturated rings. The van der Waals surface area contributed by atoms with Crippen LogP contribution in [0.5, 0.6) is 0 Å². The van der Waals surface area contributed by atoms with Gasteiger partial charge in [-0.15, -0.1) is 11.3 Å². The summed E-state index contributed by atoms with van der Waals surface area (Å²) in [5.41, 5.74) is 6.52. The number of carbonyl (C=O) groups is 1. The van der Waals surface area contributed by atoms with Crippen LogP contribution in [0.25, 0.3) is 17.2 Å². The monoisotopic (exact) mass is 296 g/mol. The van der Waals surface area contributed by atoms with E-state index in [2.05, 4.69) is 35.7 Å². The second-order valence-corrected chi connectivity index (χ2v) is 6.28. The maximum Gasteiger partial charge on any atom is 0.307 e. The van der Waals surface area contributed by atoms with Crippen LogP contribution in [-0.4, -0.2) is 11.1 Å². The highest BCUT2D eigenvalue weighted by atomic mass is 32.1. The smallest absolute Gasteiger partial charge is 0.307 e. The summed E-state index contributed by atoms with van der Waals surface area (Å²) in [6.07, 6.45) is 2.23. The van der Waals surface area contributed by atoms with Crippen LogP contribution in [0.3, 0.4) is 0 Å². The van der Waals surface area contributed by atoms with E-state index in [0.717, 1.165) is 33.4 Å². The molecule has 2 nitrogen and oxygen atoms in total. The molecule has 1 heterocycles. The van der Waals surface area contributed by atoms with Gasteiger partial charge in [-0.3, -0.25) is 4.79 Å². The molecule has 0 aliphatic heterocycles. The molecule has 1 aromatic carbocycles. The van der Waals surface area contributed by atoms with Gasteiger partial charge in [-0.2, -0.15) is 0 Å². The lowest BCUT2D eigenvalue weighted by molar-refractivity contribution is -0.135. The number of thiophene rings is 1. The summed E-state index contributed by atoms with van der Waals surface area (Å²) in [5.74, 6) is -0.783. The molecule has 3 heteroatoms. The van der Waals surface area contributed by atoms with Crippen molar-refractivity contribution in [3.05, 3.63) is 62.9 Å². The summed E-state index contributed by atoms with van der Waals surface area (Å²) < 4.78 is 0. The van der Waals surface area contributed by atoms with E-state index in [0.29, 0.717) is 0 Å². The third-order valence-corrected chi connectivity index (χ3v) is 4.62. The van der Waals surface area contributed by atoms with Crippen LogP contribution in [0.4, 0.5) is 0 Å². The molecule has 1 aromatic heterocycles. The highest BCUT2D eigenvalue weighted by molar-refractivity contribution is 7.10. The van der Waals surface area contributed by atoms with Gasteiger partial charge in [0.1, 0.15) is 0 Å². The molecular weight excluding hydrogens is 280 g/mol. The first-order chi connectivity index (χ1) is 10.1. The van der Waals surface area contributed by atoms with Gasteiger partial charge in [0, 0.05) is 4.88 Å². The zero-order valence-corrected chi connectivity index (χ0v) is 12.8. The SMILES string of the molecule is CC1=C(CC(=O)O)c2cc(C)ccc2/C1=C\c1cccs1. The molecule has 0 spiro atoms. The van der Waals surface area contributed by atoms with E-state index in [1.165, 1.54) is 4.88 Å². The lowest BCUT2D eigenvalue weighted by Crippen LogP contribution is -1.97. The fraction of sp³-hybridized carbons (Fsp3) is 0.167. The maximum atomic E-state index is 11.2. The van der Waals surface area contributed by atoms with Crippen molar-refractivity contribution in [2.24, 2.45) is 0 Å². The van der Waals surface area contributed by atoms with Crippen LogP contribution < -0.4 is 0 Å². The fourth-order valence-corrected chi connectivity index (χ4v) is 3.45. The van der Waals surface area contributed by atoms with Crippen molar-refractivity contribution in [2.45, 2.75) is 20.3 Å². The van der Waals surface area contributed by atoms with Crippen LogP contribution in [0, 0.1) is 6.92 Å². The molecule has 0 saturated carbocycles. The number of allylic oxidation sites excluding steroid dienone is 2. The van der Waals surface area contributed by atoms with Crippen LogP contribution in [0.1, 0.15) is 34.9 Å². The number of aryl methyl sites for hydroxylation is 1. The van der Waals surface area contributed by atoms with Crippen LogP contribution in [0.15, 0.2) is 41.3 Å². The van der Waals surface area contributed by atoms with Gasteiger partial charge in [-0.25, -0.2) is 0 Å². The third-order valence-electron chi connectivity index (χ3n) is 3.80. The standard InChI is InChI=1S/C18H16O2S/c1-11-5-6-14-15(9-13-4-3-7-21-13)12(2)16(10-18(19)20)17(14)8-11/h3-9H,10H2,1-2H3,(H,19,20)/b15-9-. The van der Waals surface area contributed by atoms with E-state index < -0.39 is 5.97 Å². The zero-order valence-electron chi connectivity index (χ0n) is 12.0. The number of carboxylic acid groups (broad SMARTS) is 1. The predicted molar refractivity (Wildman–Crippen MR) is 88.2 cm³/mol. The highest BCUT2D eigenvalue weighted by Crippen LogP contribution is 2.44. The second-order valence-electron chi connectivity index (χ2n) is 5.30. The predicted octanol–water partition coefficient (Wildman–Crippen LogP) is 4.86. The summed E-state index contributed by atoms with van der Waals surface area (Å²) in [6.45, 7) is 4.06. The molecule has 2 aromatic rings. The van der Waals surface area contributed by atoms with Crippen molar-refractivity contribution in [1.82, 2.24) is 0 Å². The summed E-state index contributed by atoms with van der Waals surface area (Å²) >= 11 is 1.69. The molecule has 21 heavy (non-hydrogen) atoms. The van der Waals surface area contributed by atoms with Crippen molar-refractivity contribution in [2.75, 3.05) is 0 Å². The largest absolute Gasteiger partial charge is 0.481 e. The van der Waals surface area contributed by atoms with E-state index in [4.69, 9.17) is 0 Å². The summed E-state index contributed by atoms with van der Waals surface area (Å²) in [7, 11) is 0. The first-order valence-electron chi connectivity index (χ1n) is 6.85. The Kier molecular flexibility index (Phi) is 3.52. The second kappa shape index (κ2) is 5.34. The van der Waals surface area contributed by atoms with Gasteiger partial charge in [0.25, 0.3) is 0 Å². The topological polar surface area (TPSA) is 37.3 Å². The number of aliphatic carboxylic acids is 1. The first kappa shape index (κ1) is 13.8. The van der Waals surface area contributed by atoms with Gasteiger partial charge in [-0.1, -0.05) is 29.8 Å². The molecule has 106 valence electrons. The van der Waals surface area contributed by atoms with E-state index >= 15 is 0 Å². The molecule has 0 bridgehead atoms. The van der Waals surface area contributed by atoms with E-state index in [-0.39, 0.29) is 6.42 Å². The Bertz CT molecular complexity index is 765. The van der Waals surface area contributed by atoms with Crippen LogP contribution >= 0.6 is 11.3 Å². The molecule has 1 aliphatic rings. The van der Waals surface area contributed by atoms with Gasteiger partial charge in [0.2, 0.25) is 0 Å². The average molecular weight is 296 g/mol. The Morgan fingerprint density at radius 2 is 2.05 bits per heavy atom. The van der Waals surface area contributed by atoms with Gasteiger partial charge in [-0.05, 0) is 59.2 Å². The van der Waals surface area contributed by atoms with Crippen LogP contribution in [-0.2, 0) is 4.79 Å². The number of hydrogen-bond acceptors (Lipinski definition) is 2. The number of fused-ring (bicyclic) bond motifs is 1. The summed E-state index contributed by atoms with van der Waals surface area (Å²) in [5, 5.41) is 11.2. The molecule has 0 unspecified atom stereocenters. The molecule has 3 rings (SSSR count). The number of rotatable bonds is 3. The molecule has 0 radical (unpaired) electrons. The Balaban J connectivity index is 2.18. The molecule has 0 amide bonds. The molecule has 0 atom stereocenters. The molecular formula is C18H16O2S. The number of hydrogen-bond donors (Lipinski definition) is 1. The minimum Gasteiger partial charge on any atom is -0.481 e. The van der Waals surface area contributed by atoms with E-state index in [1.807, 2.05) is 19.9 Å². The number of benzene rings is 1. The Labute approximate surface area is 128 Å². The molecule has 1 N–H and O–H groups in total. The van der Waals surface area contributed by atoms with Crippen molar-refractivity contribution < 1.29 is 9.90 Å². The maximum absolute atomic E-state index is 11.2. The average Bonchev–Trinajstić information content (AvgIpc) is 3.01. The quantitative estimate of drug-likeness (QED) is 0.878. The normalized spacial score (nSPS) is 15.6. The van der Waals surface area contributed by atoms with E-state index in [9.17, 15) is 9.90 Å². The fourth-order valence-electron chi connectivity index (χ4n) is 2.79. The molecule has 0 saturated heterocycles. The Hall–Kier alpha value is -2.13. The van der Waals surface area contributed by atoms with Gasteiger partial charge in [0.05, 0.1) is 6.42 Å². The Morgan fingerprint density at radius 1 is 1.24 bits per heavy atom. The molecule has 1 aliphatic carbocycles. The minimum atomic E-state index is -0.783. The van der Waals surface area contributed by atoms with Crippen LogP contribution in [0.2, 0.25) is 0 Å². The van der Waals surface area contributed by atoms with Crippen molar-refractivity contribution in [3.8, 4) is 0 Å². The first-order valence-corrected chi connectivity index (χ1v) is 7.73. The van der Waals surface area contributed by atoms with E-state index in [1.54, 1.807) is 11.3 Å². The van der Waals surface area contributed by atoms with Gasteiger partial charge < -0.3 is 5.11 Å². The van der Waals surface area contributed by atoms with Crippen molar-refractivity contribution in [1.29, 1.82) is 0 Å². The summed E-state index contributed by atoms with van der Waals surface area (Å²) in [6, 6.07) is 10.4. The summed E-state index contributed by atoms with van der Waals surface area (Å²) in [4.78, 5) is 12.4. The van der Waals surface area contributed by atoms with Gasteiger partial charge in [0.15, 0.2) is 0 Å². The van der Waals surface area contributed by atoms with Gasteiger partial charge >= 0.3 is 5.97 Å². The Morgan fingerprint density at radius 3 is 2.71 bits per heavy atom. The third kappa shape index (κ3) is 2.57. The van der Waals surface area contributed by atoms with Crippen molar-refractivity contribution in [3.63, 3.8) is 0 Å². The van der Waals surface area contributed by atoms with Crippen molar-refractivity contribution >= 4 is 34.5 Å². The highest BCUT2D eigenvalue weighted by Gasteiger charge is 2.25. The number of carboxylic acids is 1. The lowest BCUT2D eigenvalue weighted by Gasteiger charge is -2.05.